The molecule has 3 aliphatic rings. The van der Waals surface area contributed by atoms with Crippen molar-refractivity contribution in [2.75, 3.05) is 19.8 Å². The van der Waals surface area contributed by atoms with Crippen LogP contribution in [-0.2, 0) is 134 Å². The SMILES string of the molecule is CC(=O)OCC1OC(OC2C(COC(C)=O)OC(OC(C)CC3OC(COP(=O)(Oc4ccccc4)Oc4ccccc4)C(OCc4ccccc4)C(OCc4ccccc4)C3OCc3ccccc3)C(OC(C)=O)C2OC(C)=O)C(OC(C)=O)C(OC(C)=O)C1OC(C)=O. The molecule has 0 spiro atoms. The van der Waals surface area contributed by atoms with E-state index in [9.17, 15) is 33.6 Å². The van der Waals surface area contributed by atoms with E-state index in [1.807, 2.05) is 91.0 Å². The van der Waals surface area contributed by atoms with E-state index in [1.54, 1.807) is 67.6 Å². The summed E-state index contributed by atoms with van der Waals surface area (Å²) < 4.78 is 127. The van der Waals surface area contributed by atoms with Crippen LogP contribution in [0.4, 0.5) is 0 Å². The van der Waals surface area contributed by atoms with Crippen molar-refractivity contribution in [2.45, 2.75) is 180 Å². The highest BCUT2D eigenvalue weighted by Crippen LogP contribution is 2.50. The van der Waals surface area contributed by atoms with Gasteiger partial charge in [0.05, 0.1) is 38.6 Å². The fraction of sp³-hybridized carbons (Fsp3) is 0.456. The van der Waals surface area contributed by atoms with Gasteiger partial charge in [-0.25, -0.2) is 4.57 Å². The average molecular weight is 1340 g/mol. The highest BCUT2D eigenvalue weighted by molar-refractivity contribution is 7.49. The van der Waals surface area contributed by atoms with E-state index in [-0.39, 0.29) is 37.7 Å². The van der Waals surface area contributed by atoms with Crippen molar-refractivity contribution in [2.24, 2.45) is 0 Å². The van der Waals surface area contributed by atoms with Crippen LogP contribution in [0, 0.1) is 0 Å². The molecule has 27 heteroatoms. The summed E-state index contributed by atoms with van der Waals surface area (Å²) in [5.41, 5.74) is 2.39. The minimum atomic E-state index is -4.62. The molecule has 3 saturated heterocycles. The molecule has 0 saturated carbocycles. The first-order valence-electron chi connectivity index (χ1n) is 30.7. The largest absolute Gasteiger partial charge is 0.587 e. The summed E-state index contributed by atoms with van der Waals surface area (Å²) in [4.78, 5) is 90.0. The van der Waals surface area contributed by atoms with Crippen LogP contribution < -0.4 is 9.05 Å². The number of ether oxygens (including phenoxy) is 15. The number of hydrogen-bond acceptors (Lipinski definition) is 26. The molecule has 5 aromatic carbocycles. The maximum absolute atomic E-state index is 15.1. The van der Waals surface area contributed by atoms with Gasteiger partial charge in [0.2, 0.25) is 0 Å². The Bertz CT molecular complexity index is 3270. The van der Waals surface area contributed by atoms with Crippen LogP contribution in [-0.4, -0.2) is 160 Å². The van der Waals surface area contributed by atoms with Crippen molar-refractivity contribution in [3.63, 3.8) is 0 Å². The summed E-state index contributed by atoms with van der Waals surface area (Å²) in [5.74, 6) is -5.94. The van der Waals surface area contributed by atoms with Crippen molar-refractivity contribution in [3.05, 3.63) is 168 Å². The van der Waals surface area contributed by atoms with E-state index in [0.29, 0.717) is 0 Å². The van der Waals surface area contributed by atoms with E-state index in [0.717, 1.165) is 65.2 Å². The Kier molecular flexibility index (Phi) is 27.2. The fourth-order valence-electron chi connectivity index (χ4n) is 10.9. The second kappa shape index (κ2) is 35.6. The molecule has 0 amide bonds. The zero-order valence-corrected chi connectivity index (χ0v) is 54.6. The van der Waals surface area contributed by atoms with E-state index >= 15 is 4.57 Å². The van der Waals surface area contributed by atoms with Crippen LogP contribution in [0.1, 0.15) is 78.5 Å². The van der Waals surface area contributed by atoms with E-state index in [1.165, 1.54) is 0 Å². The van der Waals surface area contributed by atoms with Gasteiger partial charge in [-0.05, 0) is 47.9 Å². The van der Waals surface area contributed by atoms with E-state index < -0.39 is 167 Å². The van der Waals surface area contributed by atoms with Crippen molar-refractivity contribution >= 4 is 49.6 Å². The number of carbonyl (C=O) groups is 7. The van der Waals surface area contributed by atoms with Gasteiger partial charge >= 0.3 is 49.6 Å². The normalized spacial score (nSPS) is 26.1. The van der Waals surface area contributed by atoms with Crippen LogP contribution in [0.2, 0.25) is 0 Å². The Morgan fingerprint density at radius 3 is 1.16 bits per heavy atom. The summed E-state index contributed by atoms with van der Waals surface area (Å²) in [5, 5.41) is 0. The quantitative estimate of drug-likeness (QED) is 0.0229. The summed E-state index contributed by atoms with van der Waals surface area (Å²) in [6, 6.07) is 44.8. The van der Waals surface area contributed by atoms with Crippen LogP contribution in [0.5, 0.6) is 11.5 Å². The van der Waals surface area contributed by atoms with Gasteiger partial charge in [0.25, 0.3) is 0 Å². The van der Waals surface area contributed by atoms with Crippen LogP contribution in [0.15, 0.2) is 152 Å². The fourth-order valence-corrected chi connectivity index (χ4v) is 12.1. The first-order chi connectivity index (χ1) is 45.6. The lowest BCUT2D eigenvalue weighted by Crippen LogP contribution is -2.67. The number of phosphoric ester groups is 1. The van der Waals surface area contributed by atoms with Crippen molar-refractivity contribution in [1.82, 2.24) is 0 Å². The lowest BCUT2D eigenvalue weighted by molar-refractivity contribution is -0.364. The average Bonchev–Trinajstić information content (AvgIpc) is 0.776. The number of carbonyl (C=O) groups excluding carboxylic acids is 7. The van der Waals surface area contributed by atoms with Gasteiger partial charge in [-0.2, -0.15) is 0 Å². The second-order valence-electron chi connectivity index (χ2n) is 22.4. The molecule has 0 radical (unpaired) electrons. The topological polar surface area (TPSA) is 303 Å². The lowest BCUT2D eigenvalue weighted by atomic mass is 9.91. The maximum Gasteiger partial charge on any atom is 0.587 e. The smallest absolute Gasteiger partial charge is 0.463 e. The molecule has 3 heterocycles. The molecule has 512 valence electrons. The zero-order chi connectivity index (χ0) is 68.0. The second-order valence-corrected chi connectivity index (χ2v) is 23.9. The standard InChI is InChI=1S/C68H79O26P/c1-41(83-67-65(87-47(7)74)64(86-46(6)73)61(56(90-67)39-78-43(3)70)92-68-66(88-48(8)75)63(85-45(5)72)60(84-44(4)71)55(91-68)38-77-42(2)69)34-54-58(79-35-49-24-14-9-15-25-49)62(81-37-51-28-18-11-19-29-51)59(80-36-50-26-16-10-17-27-50)57(89-54)40-82-95(76,93-52-30-20-12-21-31-52)94-53-32-22-13-23-33-53/h9-33,41,54-68H,34-40H2,1-8H3. The predicted molar refractivity (Wildman–Crippen MR) is 330 cm³/mol. The number of rotatable bonds is 31. The lowest BCUT2D eigenvalue weighted by Gasteiger charge is -2.49. The molecule has 3 fully saturated rings. The van der Waals surface area contributed by atoms with Crippen molar-refractivity contribution in [1.29, 1.82) is 0 Å². The molecule has 0 aromatic heterocycles. The number of esters is 7. The Balaban J connectivity index is 1.18. The van der Waals surface area contributed by atoms with Gasteiger partial charge in [-0.15, -0.1) is 0 Å². The number of benzene rings is 5. The van der Waals surface area contributed by atoms with Gasteiger partial charge in [-0.1, -0.05) is 127 Å². The molecule has 16 unspecified atom stereocenters. The number of phosphoric acid groups is 1. The van der Waals surface area contributed by atoms with Gasteiger partial charge in [-0.3, -0.25) is 38.1 Å². The van der Waals surface area contributed by atoms with Crippen LogP contribution >= 0.6 is 7.82 Å². The molecule has 0 bridgehead atoms. The molecule has 95 heavy (non-hydrogen) atoms. The summed E-state index contributed by atoms with van der Waals surface area (Å²) in [7, 11) is -4.62. The Morgan fingerprint density at radius 2 is 0.726 bits per heavy atom. The van der Waals surface area contributed by atoms with Crippen molar-refractivity contribution < 1.29 is 123 Å². The zero-order valence-electron chi connectivity index (χ0n) is 53.7. The van der Waals surface area contributed by atoms with Gasteiger partial charge in [0.15, 0.2) is 43.1 Å². The van der Waals surface area contributed by atoms with Gasteiger partial charge in [0, 0.05) is 54.9 Å². The van der Waals surface area contributed by atoms with E-state index in [2.05, 4.69) is 0 Å². The number of hydrogen-bond donors (Lipinski definition) is 0. The maximum atomic E-state index is 15.1. The molecule has 0 N–H and O–H groups in total. The molecule has 26 nitrogen and oxygen atoms in total. The van der Waals surface area contributed by atoms with Crippen LogP contribution in [0.3, 0.4) is 0 Å². The third-order valence-electron chi connectivity index (χ3n) is 14.7. The summed E-state index contributed by atoms with van der Waals surface area (Å²) >= 11 is 0. The molecular formula is C68H79O26P. The first kappa shape index (κ1) is 72.7. The highest BCUT2D eigenvalue weighted by Gasteiger charge is 2.58. The third kappa shape index (κ3) is 22.2. The Morgan fingerprint density at radius 1 is 0.379 bits per heavy atom. The Hall–Kier alpha value is -8.14. The minimum absolute atomic E-state index is 0.0342. The molecule has 16 atom stereocenters. The molecular weight excluding hydrogens is 1260 g/mol. The monoisotopic (exact) mass is 1340 g/mol. The molecule has 8 rings (SSSR count). The van der Waals surface area contributed by atoms with Crippen LogP contribution in [0.25, 0.3) is 0 Å². The highest BCUT2D eigenvalue weighted by atomic mass is 31.2. The Labute approximate surface area is 549 Å². The predicted octanol–water partition coefficient (Wildman–Crippen LogP) is 8.21. The summed E-state index contributed by atoms with van der Waals surface area (Å²) in [6.07, 6.45) is -23.7. The van der Waals surface area contributed by atoms with Crippen molar-refractivity contribution in [3.8, 4) is 11.5 Å². The van der Waals surface area contributed by atoms with Gasteiger partial charge in [0.1, 0.15) is 67.4 Å². The molecule has 0 aliphatic carbocycles. The number of para-hydroxylation sites is 2. The van der Waals surface area contributed by atoms with E-state index in [4.69, 9.17) is 84.6 Å². The summed E-state index contributed by atoms with van der Waals surface area (Å²) in [6.45, 7) is 7.36. The van der Waals surface area contributed by atoms with Gasteiger partial charge < -0.3 is 80.1 Å². The molecule has 5 aromatic rings. The first-order valence-corrected chi connectivity index (χ1v) is 32.2. The molecule has 3 aliphatic heterocycles. The minimum Gasteiger partial charge on any atom is -0.463 e. The third-order valence-corrected chi connectivity index (χ3v) is 16.1.